The van der Waals surface area contributed by atoms with E-state index < -0.39 is 17.5 Å². The van der Waals surface area contributed by atoms with Gasteiger partial charge in [-0.1, -0.05) is 0 Å². The fraction of sp³-hybridized carbons (Fsp3) is 0.636. The Morgan fingerprint density at radius 2 is 2.06 bits per heavy atom. The van der Waals surface area contributed by atoms with Gasteiger partial charge in [-0.3, -0.25) is 4.79 Å². The predicted molar refractivity (Wildman–Crippen MR) is 118 cm³/mol. The number of hydrogen-bond donors (Lipinski definition) is 2. The molecule has 2 aromatic rings. The maximum absolute atomic E-state index is 14.6. The molecule has 31 heavy (non-hydrogen) atoms. The summed E-state index contributed by atoms with van der Waals surface area (Å²) in [7, 11) is 1.89. The summed E-state index contributed by atoms with van der Waals surface area (Å²) in [5.41, 5.74) is -0.267. The summed E-state index contributed by atoms with van der Waals surface area (Å²) in [6.07, 6.45) is 2.95. The Morgan fingerprint density at radius 1 is 1.29 bits per heavy atom. The lowest BCUT2D eigenvalue weighted by molar-refractivity contribution is 0.0695. The number of fused-ring (bicyclic) bond motifs is 1. The fourth-order valence-corrected chi connectivity index (χ4v) is 5.44. The first-order chi connectivity index (χ1) is 14.9. The quantitative estimate of drug-likeness (QED) is 0.699. The second kappa shape index (κ2) is 9.83. The fourth-order valence-electron chi connectivity index (χ4n) is 4.30. The van der Waals surface area contributed by atoms with Crippen molar-refractivity contribution >= 4 is 22.7 Å². The van der Waals surface area contributed by atoms with Crippen LogP contribution in [0.1, 0.15) is 37.9 Å². The molecule has 1 saturated carbocycles. The first kappa shape index (κ1) is 22.5. The third kappa shape index (κ3) is 5.56. The lowest BCUT2D eigenvalue weighted by atomic mass is 9.96. The number of thioether (sulfide) groups is 1. The number of hydrogen-bond acceptors (Lipinski definition) is 6. The Bertz CT molecular complexity index is 965. The average Bonchev–Trinajstić information content (AvgIpc) is 2.72. The molecule has 0 amide bonds. The zero-order valence-electron chi connectivity index (χ0n) is 17.7. The van der Waals surface area contributed by atoms with Gasteiger partial charge >= 0.3 is 0 Å². The summed E-state index contributed by atoms with van der Waals surface area (Å²) >= 11 is 1.69. The maximum atomic E-state index is 14.6. The smallest absolute Gasteiger partial charge is 0.261 e. The third-order valence-corrected chi connectivity index (χ3v) is 7.61. The summed E-state index contributed by atoms with van der Waals surface area (Å²) < 4.78 is 34.5. The molecule has 0 unspecified atom stereocenters. The van der Waals surface area contributed by atoms with Crippen molar-refractivity contribution in [1.29, 1.82) is 0 Å². The molecule has 1 aliphatic heterocycles. The first-order valence-corrected chi connectivity index (χ1v) is 11.9. The lowest BCUT2D eigenvalue weighted by Gasteiger charge is -2.32. The highest BCUT2D eigenvalue weighted by Gasteiger charge is 2.28. The van der Waals surface area contributed by atoms with Crippen LogP contribution in [0.3, 0.4) is 0 Å². The minimum atomic E-state index is -0.977. The molecule has 2 aliphatic rings. The van der Waals surface area contributed by atoms with Crippen LogP contribution in [0.5, 0.6) is 5.75 Å². The molecule has 170 valence electrons. The molecule has 0 bridgehead atoms. The van der Waals surface area contributed by atoms with E-state index in [0.717, 1.165) is 32.2 Å². The van der Waals surface area contributed by atoms with E-state index in [1.54, 1.807) is 17.8 Å². The van der Waals surface area contributed by atoms with Crippen LogP contribution in [0, 0.1) is 11.7 Å². The van der Waals surface area contributed by atoms with Gasteiger partial charge in [0.15, 0.2) is 0 Å². The van der Waals surface area contributed by atoms with Gasteiger partial charge in [-0.2, -0.15) is 11.8 Å². The Balaban J connectivity index is 1.45. The van der Waals surface area contributed by atoms with Gasteiger partial charge in [-0.25, -0.2) is 13.8 Å². The van der Waals surface area contributed by atoms with Gasteiger partial charge in [0, 0.05) is 29.8 Å². The van der Waals surface area contributed by atoms with E-state index in [1.807, 2.05) is 11.9 Å². The summed E-state index contributed by atoms with van der Waals surface area (Å²) in [5, 5.41) is 9.96. The highest BCUT2D eigenvalue weighted by atomic mass is 32.2. The molecule has 1 aliphatic carbocycles. The first-order valence-electron chi connectivity index (χ1n) is 10.9. The van der Waals surface area contributed by atoms with Gasteiger partial charge in [0.25, 0.3) is 5.56 Å². The van der Waals surface area contributed by atoms with E-state index in [-0.39, 0.29) is 35.3 Å². The topological polar surface area (TPSA) is 78.5 Å². The van der Waals surface area contributed by atoms with E-state index in [2.05, 4.69) is 9.97 Å². The number of halogens is 2. The van der Waals surface area contributed by atoms with Crippen molar-refractivity contribution in [3.8, 4) is 5.75 Å². The van der Waals surface area contributed by atoms with Gasteiger partial charge in [-0.15, -0.1) is 0 Å². The highest BCUT2D eigenvalue weighted by Crippen LogP contribution is 2.30. The Labute approximate surface area is 184 Å². The SMILES string of the molecule is CN1CC[C@H](COc2cc(F)c3c(=O)[nH]c(CS[C@H]4CC[C@H](O)CC4)nc3c2)[C@@H](F)C1. The number of H-pyrrole nitrogens is 1. The number of nitrogens with zero attached hydrogens (tertiary/aromatic N) is 2. The van der Waals surface area contributed by atoms with Crippen molar-refractivity contribution in [2.75, 3.05) is 26.7 Å². The third-order valence-electron chi connectivity index (χ3n) is 6.23. The summed E-state index contributed by atoms with van der Waals surface area (Å²) in [6, 6.07) is 2.73. The number of rotatable bonds is 6. The van der Waals surface area contributed by atoms with Crippen LogP contribution in [0.15, 0.2) is 16.9 Å². The van der Waals surface area contributed by atoms with E-state index in [9.17, 15) is 18.7 Å². The van der Waals surface area contributed by atoms with Gasteiger partial charge in [-0.05, 0) is 45.7 Å². The number of ether oxygens (including phenoxy) is 1. The molecule has 9 heteroatoms. The Hall–Kier alpha value is -1.71. The van der Waals surface area contributed by atoms with Gasteiger partial charge in [0.05, 0.1) is 24.0 Å². The van der Waals surface area contributed by atoms with Gasteiger partial charge < -0.3 is 19.7 Å². The zero-order chi connectivity index (χ0) is 22.0. The second-order valence-electron chi connectivity index (χ2n) is 8.69. The molecule has 1 saturated heterocycles. The molecule has 2 fully saturated rings. The number of piperidine rings is 1. The Morgan fingerprint density at radius 3 is 2.81 bits per heavy atom. The van der Waals surface area contributed by atoms with Crippen LogP contribution in [0.25, 0.3) is 10.9 Å². The number of aliphatic hydroxyl groups excluding tert-OH is 1. The van der Waals surface area contributed by atoms with Crippen LogP contribution in [-0.2, 0) is 5.75 Å². The van der Waals surface area contributed by atoms with Crippen LogP contribution in [0.4, 0.5) is 8.78 Å². The monoisotopic (exact) mass is 453 g/mol. The van der Waals surface area contributed by atoms with Crippen LogP contribution >= 0.6 is 11.8 Å². The molecule has 4 rings (SSSR count). The van der Waals surface area contributed by atoms with E-state index >= 15 is 0 Å². The molecular formula is C22H29F2N3O3S. The number of aromatic amines is 1. The zero-order valence-corrected chi connectivity index (χ0v) is 18.5. The molecule has 2 N–H and O–H groups in total. The van der Waals surface area contributed by atoms with Crippen molar-refractivity contribution in [2.24, 2.45) is 5.92 Å². The number of likely N-dealkylation sites (tertiary alicyclic amines) is 1. The normalized spacial score (nSPS) is 27.5. The molecule has 1 aromatic carbocycles. The predicted octanol–water partition coefficient (Wildman–Crippen LogP) is 3.27. The lowest BCUT2D eigenvalue weighted by Crippen LogP contribution is -2.41. The average molecular weight is 454 g/mol. The molecule has 0 radical (unpaired) electrons. The number of aliphatic hydroxyl groups is 1. The van der Waals surface area contributed by atoms with Gasteiger partial charge in [0.1, 0.15) is 28.9 Å². The van der Waals surface area contributed by atoms with E-state index in [0.29, 0.717) is 29.8 Å². The summed E-state index contributed by atoms with van der Waals surface area (Å²) in [6.45, 7) is 1.34. The minimum Gasteiger partial charge on any atom is -0.493 e. The molecule has 2 heterocycles. The minimum absolute atomic E-state index is 0.0930. The van der Waals surface area contributed by atoms with Crippen molar-refractivity contribution in [1.82, 2.24) is 14.9 Å². The molecule has 6 nitrogen and oxygen atoms in total. The van der Waals surface area contributed by atoms with Crippen molar-refractivity contribution in [3.05, 3.63) is 34.1 Å². The number of benzene rings is 1. The second-order valence-corrected chi connectivity index (χ2v) is 9.98. The van der Waals surface area contributed by atoms with Crippen LogP contribution in [0.2, 0.25) is 0 Å². The largest absolute Gasteiger partial charge is 0.493 e. The van der Waals surface area contributed by atoms with E-state index in [4.69, 9.17) is 4.74 Å². The number of alkyl halides is 1. The van der Waals surface area contributed by atoms with Crippen molar-refractivity contribution in [2.45, 2.75) is 55.4 Å². The Kier molecular flexibility index (Phi) is 7.13. The standard InChI is InChI=1S/C22H29F2N3O3S/c1-27-7-6-13(18(24)10-27)11-30-15-8-17(23)21-19(9-15)25-20(26-22(21)29)12-31-16-4-2-14(28)3-5-16/h8-9,13-14,16,18,28H,2-7,10-12H2,1H3,(H,25,26,29)/t13-,14-,16-,18+/m1/s1. The maximum Gasteiger partial charge on any atom is 0.261 e. The van der Waals surface area contributed by atoms with Crippen molar-refractivity contribution < 1.29 is 18.6 Å². The molecule has 2 atom stereocenters. The molecule has 1 aromatic heterocycles. The van der Waals surface area contributed by atoms with E-state index in [1.165, 1.54) is 6.07 Å². The highest BCUT2D eigenvalue weighted by molar-refractivity contribution is 7.99. The van der Waals surface area contributed by atoms with Crippen LogP contribution in [-0.4, -0.2) is 64.2 Å². The van der Waals surface area contributed by atoms with Gasteiger partial charge in [0.2, 0.25) is 0 Å². The summed E-state index contributed by atoms with van der Waals surface area (Å²) in [4.78, 5) is 21.5. The molecule has 0 spiro atoms. The molecular weight excluding hydrogens is 424 g/mol. The van der Waals surface area contributed by atoms with Crippen molar-refractivity contribution in [3.63, 3.8) is 0 Å². The number of nitrogens with one attached hydrogen (secondary N) is 1. The summed E-state index contributed by atoms with van der Waals surface area (Å²) in [5.74, 6) is 0.334. The number of aromatic nitrogens is 2. The van der Waals surface area contributed by atoms with Crippen LogP contribution < -0.4 is 10.3 Å².